The van der Waals surface area contributed by atoms with Crippen LogP contribution in [0, 0.1) is 20.8 Å². The lowest BCUT2D eigenvalue weighted by Gasteiger charge is -2.33. The Morgan fingerprint density at radius 1 is 1.15 bits per heavy atom. The second-order valence-corrected chi connectivity index (χ2v) is 7.29. The highest BCUT2D eigenvalue weighted by Gasteiger charge is 2.27. The number of likely N-dealkylation sites (tertiary alicyclic amines) is 1. The molecule has 2 aromatic heterocycles. The average molecular weight is 348 g/mol. The van der Waals surface area contributed by atoms with Crippen molar-refractivity contribution in [1.29, 1.82) is 0 Å². The number of piperidine rings is 1. The Morgan fingerprint density at radius 2 is 1.96 bits per heavy atom. The van der Waals surface area contributed by atoms with Crippen LogP contribution >= 0.6 is 0 Å². The molecule has 3 aromatic rings. The van der Waals surface area contributed by atoms with E-state index in [0.717, 1.165) is 43.0 Å². The van der Waals surface area contributed by atoms with Crippen LogP contribution in [0.25, 0.3) is 5.65 Å². The molecule has 1 amide bonds. The van der Waals surface area contributed by atoms with Crippen molar-refractivity contribution in [3.63, 3.8) is 0 Å². The van der Waals surface area contributed by atoms with E-state index < -0.39 is 0 Å². The van der Waals surface area contributed by atoms with Crippen molar-refractivity contribution >= 4 is 11.6 Å². The van der Waals surface area contributed by atoms with Crippen molar-refractivity contribution in [3.05, 3.63) is 64.6 Å². The summed E-state index contributed by atoms with van der Waals surface area (Å²) < 4.78 is 1.75. The molecule has 1 atom stereocenters. The molecule has 0 spiro atoms. The van der Waals surface area contributed by atoms with Crippen molar-refractivity contribution in [2.45, 2.75) is 39.5 Å². The van der Waals surface area contributed by atoms with Gasteiger partial charge in [0.2, 0.25) is 0 Å². The summed E-state index contributed by atoms with van der Waals surface area (Å²) in [7, 11) is 0. The lowest BCUT2D eigenvalue weighted by Crippen LogP contribution is -2.39. The highest BCUT2D eigenvalue weighted by Crippen LogP contribution is 2.29. The van der Waals surface area contributed by atoms with Gasteiger partial charge in [0.05, 0.1) is 0 Å². The van der Waals surface area contributed by atoms with Crippen molar-refractivity contribution in [2.75, 3.05) is 13.1 Å². The fourth-order valence-corrected chi connectivity index (χ4v) is 4.01. The standard InChI is InChI=1S/C21H24N4O/c1-14-7-4-5-9-18(14)17-8-6-10-24(13-17)21(26)19-12-20-22-15(2)11-16(3)25(20)23-19/h4-5,7,9,11-12,17H,6,8,10,13H2,1-3H3. The molecule has 4 rings (SSSR count). The Kier molecular flexibility index (Phi) is 4.23. The maximum Gasteiger partial charge on any atom is 0.274 e. The van der Waals surface area contributed by atoms with E-state index in [-0.39, 0.29) is 5.91 Å². The molecule has 0 radical (unpaired) electrons. The van der Waals surface area contributed by atoms with Crippen molar-refractivity contribution < 1.29 is 4.79 Å². The molecule has 1 fully saturated rings. The highest BCUT2D eigenvalue weighted by atomic mass is 16.2. The number of carbonyl (C=O) groups excluding carboxylic acids is 1. The van der Waals surface area contributed by atoms with Crippen LogP contribution in [0.15, 0.2) is 36.4 Å². The number of nitrogens with zero attached hydrogens (tertiary/aromatic N) is 4. The number of carbonyl (C=O) groups is 1. The van der Waals surface area contributed by atoms with E-state index in [2.05, 4.69) is 41.3 Å². The minimum absolute atomic E-state index is 0.00540. The van der Waals surface area contributed by atoms with Crippen LogP contribution in [0.5, 0.6) is 0 Å². The Hall–Kier alpha value is -2.69. The minimum atomic E-state index is 0.00540. The Balaban J connectivity index is 1.60. The van der Waals surface area contributed by atoms with Crippen molar-refractivity contribution in [3.8, 4) is 0 Å². The van der Waals surface area contributed by atoms with E-state index in [1.807, 2.05) is 24.8 Å². The van der Waals surface area contributed by atoms with Gasteiger partial charge in [0, 0.05) is 36.5 Å². The first-order valence-corrected chi connectivity index (χ1v) is 9.22. The van der Waals surface area contributed by atoms with Gasteiger partial charge in [-0.25, -0.2) is 9.50 Å². The number of fused-ring (bicyclic) bond motifs is 1. The smallest absolute Gasteiger partial charge is 0.274 e. The molecule has 26 heavy (non-hydrogen) atoms. The van der Waals surface area contributed by atoms with Gasteiger partial charge in [-0.3, -0.25) is 4.79 Å². The van der Waals surface area contributed by atoms with Crippen LogP contribution in [-0.2, 0) is 0 Å². The summed E-state index contributed by atoms with van der Waals surface area (Å²) in [4.78, 5) is 19.5. The molecule has 0 saturated carbocycles. The average Bonchev–Trinajstić information content (AvgIpc) is 3.06. The number of aryl methyl sites for hydroxylation is 3. The van der Waals surface area contributed by atoms with Gasteiger partial charge in [-0.1, -0.05) is 24.3 Å². The molecule has 5 nitrogen and oxygen atoms in total. The van der Waals surface area contributed by atoms with Gasteiger partial charge in [-0.2, -0.15) is 5.10 Å². The first kappa shape index (κ1) is 16.8. The Bertz CT molecular complexity index is 975. The third kappa shape index (κ3) is 2.98. The molecule has 0 bridgehead atoms. The summed E-state index contributed by atoms with van der Waals surface area (Å²) in [6.07, 6.45) is 2.15. The van der Waals surface area contributed by atoms with Crippen LogP contribution in [0.1, 0.15) is 51.8 Å². The zero-order chi connectivity index (χ0) is 18.3. The van der Waals surface area contributed by atoms with Gasteiger partial charge < -0.3 is 4.90 Å². The minimum Gasteiger partial charge on any atom is -0.337 e. The predicted octanol–water partition coefficient (Wildman–Crippen LogP) is 3.67. The van der Waals surface area contributed by atoms with Gasteiger partial charge in [0.1, 0.15) is 0 Å². The lowest BCUT2D eigenvalue weighted by molar-refractivity contribution is 0.0700. The van der Waals surface area contributed by atoms with Gasteiger partial charge in [0.25, 0.3) is 5.91 Å². The van der Waals surface area contributed by atoms with E-state index in [1.165, 1.54) is 11.1 Å². The van der Waals surface area contributed by atoms with Crippen molar-refractivity contribution in [2.24, 2.45) is 0 Å². The van der Waals surface area contributed by atoms with Gasteiger partial charge in [-0.15, -0.1) is 0 Å². The molecule has 0 aliphatic carbocycles. The first-order valence-electron chi connectivity index (χ1n) is 9.22. The molecule has 5 heteroatoms. The lowest BCUT2D eigenvalue weighted by atomic mass is 9.88. The molecule has 1 aliphatic rings. The second-order valence-electron chi connectivity index (χ2n) is 7.29. The third-order valence-corrected chi connectivity index (χ3v) is 5.29. The van der Waals surface area contributed by atoms with E-state index in [4.69, 9.17) is 0 Å². The fraction of sp³-hybridized carbons (Fsp3) is 0.381. The molecule has 0 N–H and O–H groups in total. The quantitative estimate of drug-likeness (QED) is 0.710. The topological polar surface area (TPSA) is 50.5 Å². The number of hydrogen-bond donors (Lipinski definition) is 0. The third-order valence-electron chi connectivity index (χ3n) is 5.29. The van der Waals surface area contributed by atoms with Gasteiger partial charge in [0.15, 0.2) is 11.3 Å². The maximum absolute atomic E-state index is 13.0. The van der Waals surface area contributed by atoms with E-state index >= 15 is 0 Å². The summed E-state index contributed by atoms with van der Waals surface area (Å²) in [5, 5.41) is 4.51. The van der Waals surface area contributed by atoms with Crippen LogP contribution < -0.4 is 0 Å². The Morgan fingerprint density at radius 3 is 2.77 bits per heavy atom. The number of rotatable bonds is 2. The zero-order valence-corrected chi connectivity index (χ0v) is 15.6. The molecule has 1 aliphatic heterocycles. The molecule has 1 saturated heterocycles. The molecular weight excluding hydrogens is 324 g/mol. The summed E-state index contributed by atoms with van der Waals surface area (Å²) in [6.45, 7) is 7.63. The first-order chi connectivity index (χ1) is 12.5. The number of amides is 1. The highest BCUT2D eigenvalue weighted by molar-refractivity contribution is 5.93. The monoisotopic (exact) mass is 348 g/mol. The molecule has 134 valence electrons. The Labute approximate surface area is 153 Å². The van der Waals surface area contributed by atoms with Gasteiger partial charge >= 0.3 is 0 Å². The summed E-state index contributed by atoms with van der Waals surface area (Å²) in [5.41, 5.74) is 5.80. The fourth-order valence-electron chi connectivity index (χ4n) is 4.01. The second kappa shape index (κ2) is 6.56. The number of aromatic nitrogens is 3. The normalized spacial score (nSPS) is 17.7. The molecule has 1 unspecified atom stereocenters. The van der Waals surface area contributed by atoms with Crippen LogP contribution in [0.4, 0.5) is 0 Å². The van der Waals surface area contributed by atoms with Gasteiger partial charge in [-0.05, 0) is 50.8 Å². The summed E-state index contributed by atoms with van der Waals surface area (Å²) >= 11 is 0. The van der Waals surface area contributed by atoms with E-state index in [1.54, 1.807) is 10.6 Å². The summed E-state index contributed by atoms with van der Waals surface area (Å²) in [6, 6.07) is 12.3. The van der Waals surface area contributed by atoms with E-state index in [0.29, 0.717) is 11.6 Å². The predicted molar refractivity (Wildman–Crippen MR) is 102 cm³/mol. The molecular formula is C21H24N4O. The van der Waals surface area contributed by atoms with Crippen LogP contribution in [0.2, 0.25) is 0 Å². The SMILES string of the molecule is Cc1cc(C)n2nc(C(=O)N3CCCC(c4ccccc4C)C3)cc2n1. The summed E-state index contributed by atoms with van der Waals surface area (Å²) in [5.74, 6) is 0.402. The van der Waals surface area contributed by atoms with Crippen molar-refractivity contribution in [1.82, 2.24) is 19.5 Å². The molecule has 1 aromatic carbocycles. The number of benzene rings is 1. The zero-order valence-electron chi connectivity index (χ0n) is 15.6. The maximum atomic E-state index is 13.0. The van der Waals surface area contributed by atoms with E-state index in [9.17, 15) is 4.79 Å². The largest absolute Gasteiger partial charge is 0.337 e. The number of hydrogen-bond acceptors (Lipinski definition) is 3. The van der Waals surface area contributed by atoms with Crippen LogP contribution in [0.3, 0.4) is 0 Å². The molecule has 3 heterocycles. The van der Waals surface area contributed by atoms with Crippen LogP contribution in [-0.4, -0.2) is 38.5 Å².